The summed E-state index contributed by atoms with van der Waals surface area (Å²) in [5.74, 6) is 1.00. The molecule has 9 nitrogen and oxygen atoms in total. The van der Waals surface area contributed by atoms with E-state index in [4.69, 9.17) is 21.8 Å². The van der Waals surface area contributed by atoms with E-state index in [0.29, 0.717) is 33.2 Å². The van der Waals surface area contributed by atoms with Crippen molar-refractivity contribution in [3.05, 3.63) is 77.7 Å². The van der Waals surface area contributed by atoms with Crippen LogP contribution in [0.2, 0.25) is 0 Å². The van der Waals surface area contributed by atoms with Crippen LogP contribution in [0.25, 0.3) is 17.2 Å². The Bertz CT molecular complexity index is 1390. The maximum absolute atomic E-state index is 12.4. The van der Waals surface area contributed by atoms with Crippen LogP contribution in [0, 0.1) is 0 Å². The molecule has 5 rings (SSSR count). The molecule has 32 heavy (non-hydrogen) atoms. The van der Waals surface area contributed by atoms with Crippen molar-refractivity contribution in [1.82, 2.24) is 9.36 Å². The van der Waals surface area contributed by atoms with Crippen LogP contribution >= 0.6 is 23.1 Å². The molecular weight excluding hydrogens is 450 g/mol. The molecule has 2 amide bonds. The van der Waals surface area contributed by atoms with E-state index in [2.05, 4.69) is 25.0 Å². The van der Waals surface area contributed by atoms with E-state index >= 15 is 0 Å². The van der Waals surface area contributed by atoms with Crippen molar-refractivity contribution in [2.75, 3.05) is 15.5 Å². The Kier molecular flexibility index (Phi) is 5.21. The Balaban J connectivity index is 1.26. The second kappa shape index (κ2) is 8.33. The van der Waals surface area contributed by atoms with E-state index in [1.807, 2.05) is 30.3 Å². The molecular formula is C21H16ClN7O2S. The zero-order chi connectivity index (χ0) is 22.1. The molecule has 1 aliphatic heterocycles. The highest BCUT2D eigenvalue weighted by molar-refractivity contribution is 7.10. The van der Waals surface area contributed by atoms with Crippen molar-refractivity contribution in [2.45, 2.75) is 5.62 Å². The lowest BCUT2D eigenvalue weighted by molar-refractivity contribution is 0.262. The largest absolute Gasteiger partial charge is 0.446 e. The third-order valence-corrected chi connectivity index (χ3v) is 5.62. The minimum absolute atomic E-state index is 0.399. The summed E-state index contributed by atoms with van der Waals surface area (Å²) in [6, 6.07) is 17.9. The van der Waals surface area contributed by atoms with E-state index in [1.165, 1.54) is 6.26 Å². The molecule has 1 unspecified atom stereocenters. The average Bonchev–Trinajstić information content (AvgIpc) is 3.45. The smallest absolute Gasteiger partial charge is 0.325 e. The average molecular weight is 466 g/mol. The normalized spacial score (nSPS) is 15.1. The first-order valence-corrected chi connectivity index (χ1v) is 10.7. The van der Waals surface area contributed by atoms with Gasteiger partial charge in [-0.1, -0.05) is 41.9 Å². The van der Waals surface area contributed by atoms with E-state index in [1.54, 1.807) is 35.2 Å². The Hall–Kier alpha value is -3.89. The first-order valence-electron chi connectivity index (χ1n) is 9.50. The number of fused-ring (bicyclic) bond motifs is 1. The number of hydrogen-bond donors (Lipinski definition) is 3. The van der Waals surface area contributed by atoms with Crippen LogP contribution in [-0.4, -0.2) is 21.0 Å². The Morgan fingerprint density at radius 3 is 2.66 bits per heavy atom. The van der Waals surface area contributed by atoms with Crippen LogP contribution in [0.15, 0.2) is 76.3 Å². The summed E-state index contributed by atoms with van der Waals surface area (Å²) in [5, 5.41) is 6.53. The third-order valence-electron chi connectivity index (χ3n) is 4.70. The molecule has 4 N–H and O–H groups in total. The standard InChI is InChI=1S/C21H16ClN7O2S/c22-19-26-18-15(10-11-31-18)16(23)29(19)14-8-6-13(7-9-14)24-20(30)27-21-25-17(28-32-21)12-4-2-1-3-5-12/h1-11,19H,23H2,(H2,24,25,27,28,30). The number of urea groups is 1. The van der Waals surface area contributed by atoms with Crippen LogP contribution in [0.4, 0.5) is 21.3 Å². The van der Waals surface area contributed by atoms with E-state index in [9.17, 15) is 4.79 Å². The van der Waals surface area contributed by atoms with Crippen LogP contribution in [0.3, 0.4) is 0 Å². The number of furan rings is 1. The molecule has 0 spiro atoms. The van der Waals surface area contributed by atoms with E-state index < -0.39 is 11.7 Å². The van der Waals surface area contributed by atoms with E-state index in [-0.39, 0.29) is 0 Å². The predicted molar refractivity (Wildman–Crippen MR) is 124 cm³/mol. The van der Waals surface area contributed by atoms with Crippen molar-refractivity contribution in [3.63, 3.8) is 0 Å². The van der Waals surface area contributed by atoms with Crippen LogP contribution in [0.5, 0.6) is 0 Å². The minimum Gasteiger partial charge on any atom is -0.446 e. The summed E-state index contributed by atoms with van der Waals surface area (Å²) in [6.45, 7) is 0. The van der Waals surface area contributed by atoms with Crippen LogP contribution in [-0.2, 0) is 0 Å². The van der Waals surface area contributed by atoms with Gasteiger partial charge in [0.15, 0.2) is 5.82 Å². The molecule has 0 radical (unpaired) electrons. The van der Waals surface area contributed by atoms with Crippen molar-refractivity contribution in [2.24, 2.45) is 10.7 Å². The first-order chi connectivity index (χ1) is 15.6. The fourth-order valence-electron chi connectivity index (χ4n) is 3.20. The zero-order valence-electron chi connectivity index (χ0n) is 16.4. The monoisotopic (exact) mass is 465 g/mol. The molecule has 160 valence electrons. The fraction of sp³-hybridized carbons (Fsp3) is 0.0476. The van der Waals surface area contributed by atoms with Gasteiger partial charge in [0.25, 0.3) is 0 Å². The summed E-state index contributed by atoms with van der Waals surface area (Å²) in [4.78, 5) is 22.7. The van der Waals surface area contributed by atoms with Gasteiger partial charge in [-0.2, -0.15) is 9.36 Å². The number of amides is 2. The maximum atomic E-state index is 12.4. The number of nitrogens with zero attached hydrogens (tertiary/aromatic N) is 4. The topological polar surface area (TPSA) is 122 Å². The van der Waals surface area contributed by atoms with E-state index in [0.717, 1.165) is 22.8 Å². The minimum atomic E-state index is -0.744. The van der Waals surface area contributed by atoms with Crippen molar-refractivity contribution in [1.29, 1.82) is 0 Å². The lowest BCUT2D eigenvalue weighted by atomic mass is 10.2. The quantitative estimate of drug-likeness (QED) is 0.314. The third kappa shape index (κ3) is 3.88. The molecule has 0 fully saturated rings. The van der Waals surface area contributed by atoms with Gasteiger partial charge in [0.05, 0.1) is 11.5 Å². The summed E-state index contributed by atoms with van der Waals surface area (Å²) >= 11 is 7.48. The van der Waals surface area contributed by atoms with Gasteiger partial charge >= 0.3 is 6.03 Å². The van der Waals surface area contributed by atoms with Crippen molar-refractivity contribution < 1.29 is 9.21 Å². The number of nitrogens with two attached hydrogens (primary N) is 1. The van der Waals surface area contributed by atoms with Crippen LogP contribution < -0.4 is 32.0 Å². The maximum Gasteiger partial charge on any atom is 0.325 e. The molecule has 2 aromatic heterocycles. The Morgan fingerprint density at radius 1 is 1.09 bits per heavy atom. The molecule has 3 heterocycles. The van der Waals surface area contributed by atoms with Gasteiger partial charge in [-0.25, -0.2) is 9.79 Å². The van der Waals surface area contributed by atoms with Gasteiger partial charge in [-0.15, -0.1) is 0 Å². The number of benzene rings is 2. The molecule has 0 saturated heterocycles. The zero-order valence-corrected chi connectivity index (χ0v) is 18.0. The SMILES string of the molecule is NC1=c2ccoc2=NC(Cl)N1c1ccc(NC(=O)Nc2nc(-c3ccccc3)ns2)cc1. The fourth-order valence-corrected chi connectivity index (χ4v) is 4.09. The lowest BCUT2D eigenvalue weighted by Gasteiger charge is -2.28. The van der Waals surface area contributed by atoms with Crippen molar-refractivity contribution in [3.8, 4) is 11.4 Å². The number of carbonyl (C=O) groups is 1. The molecule has 1 aliphatic rings. The predicted octanol–water partition coefficient (Wildman–Crippen LogP) is 3.13. The Morgan fingerprint density at radius 2 is 1.88 bits per heavy atom. The summed E-state index contributed by atoms with van der Waals surface area (Å²) in [7, 11) is 0. The number of hydrogen-bond acceptors (Lipinski definition) is 8. The number of nitrogens with one attached hydrogen (secondary N) is 2. The highest BCUT2D eigenvalue weighted by Crippen LogP contribution is 2.26. The highest BCUT2D eigenvalue weighted by atomic mass is 35.5. The van der Waals surface area contributed by atoms with Crippen LogP contribution in [0.1, 0.15) is 0 Å². The lowest BCUT2D eigenvalue weighted by Crippen LogP contribution is -2.45. The number of alkyl halides is 1. The molecule has 0 bridgehead atoms. The number of aromatic nitrogens is 2. The number of carbonyl (C=O) groups excluding carboxylic acids is 1. The summed E-state index contributed by atoms with van der Waals surface area (Å²) in [6.07, 6.45) is 1.51. The van der Waals surface area contributed by atoms with Gasteiger partial charge in [0.2, 0.25) is 16.3 Å². The molecule has 4 aromatic rings. The second-order valence-electron chi connectivity index (χ2n) is 6.75. The highest BCUT2D eigenvalue weighted by Gasteiger charge is 2.23. The molecule has 2 aromatic carbocycles. The molecule has 0 saturated carbocycles. The molecule has 0 aliphatic carbocycles. The number of halogens is 1. The van der Waals surface area contributed by atoms with Gasteiger partial charge in [0, 0.05) is 28.5 Å². The molecule has 1 atom stereocenters. The summed E-state index contributed by atoms with van der Waals surface area (Å²) in [5.41, 5.74) is 8.10. The van der Waals surface area contributed by atoms with Gasteiger partial charge in [0.1, 0.15) is 5.82 Å². The van der Waals surface area contributed by atoms with Gasteiger partial charge in [-0.05, 0) is 30.3 Å². The van der Waals surface area contributed by atoms with Crippen molar-refractivity contribution >= 4 is 51.5 Å². The van der Waals surface area contributed by atoms with Gasteiger partial charge in [-0.3, -0.25) is 10.2 Å². The molecule has 11 heteroatoms. The first kappa shape index (κ1) is 20.0. The second-order valence-corrected chi connectivity index (χ2v) is 7.89. The van der Waals surface area contributed by atoms with Gasteiger partial charge < -0.3 is 15.5 Å². The number of rotatable bonds is 4. The number of anilines is 3. The Labute approximate surface area is 191 Å². The summed E-state index contributed by atoms with van der Waals surface area (Å²) < 4.78 is 9.55.